The van der Waals surface area contributed by atoms with Crippen LogP contribution >= 0.6 is 31.9 Å². The van der Waals surface area contributed by atoms with Crippen LogP contribution in [0.2, 0.25) is 0 Å². The van der Waals surface area contributed by atoms with Crippen molar-refractivity contribution in [3.05, 3.63) is 38.4 Å². The Balaban J connectivity index is 2.14. The molecule has 0 saturated heterocycles. The van der Waals surface area contributed by atoms with E-state index in [0.29, 0.717) is 17.6 Å². The van der Waals surface area contributed by atoms with Crippen LogP contribution in [0, 0.1) is 6.92 Å². The number of hydrogen-bond donors (Lipinski definition) is 1. The van der Waals surface area contributed by atoms with Crippen molar-refractivity contribution in [2.75, 3.05) is 5.73 Å². The number of aryl methyl sites for hydroxylation is 1. The normalized spacial score (nSPS) is 14.7. The Morgan fingerprint density at radius 3 is 2.58 bits per heavy atom. The number of benzene rings is 1. The summed E-state index contributed by atoms with van der Waals surface area (Å²) >= 11 is 7.07. The van der Waals surface area contributed by atoms with Crippen LogP contribution in [0.5, 0.6) is 0 Å². The fraction of sp³-hybridized carbons (Fsp3) is 0.286. The van der Waals surface area contributed by atoms with Crippen molar-refractivity contribution in [1.82, 2.24) is 9.97 Å². The second-order valence-electron chi connectivity index (χ2n) is 4.89. The topological polar surface area (TPSA) is 51.8 Å². The summed E-state index contributed by atoms with van der Waals surface area (Å²) in [7, 11) is 0. The van der Waals surface area contributed by atoms with Gasteiger partial charge in [0.1, 0.15) is 5.82 Å². The number of nitrogens with two attached hydrogens (primary N) is 1. The van der Waals surface area contributed by atoms with Gasteiger partial charge in [-0.15, -0.1) is 0 Å². The van der Waals surface area contributed by atoms with Gasteiger partial charge >= 0.3 is 0 Å². The Kier molecular flexibility index (Phi) is 3.35. The van der Waals surface area contributed by atoms with Crippen molar-refractivity contribution >= 4 is 37.7 Å². The zero-order chi connectivity index (χ0) is 13.6. The zero-order valence-corrected chi connectivity index (χ0v) is 13.6. The summed E-state index contributed by atoms with van der Waals surface area (Å²) < 4.78 is 1.85. The standard InChI is InChI=1S/C14H13Br2N3/c1-7-2-5-9(10(15)6-7)14-18-12(8-3-4-8)11(16)13(17)19-14/h2,5-6,8H,3-4H2,1H3,(H2,17,18,19). The largest absolute Gasteiger partial charge is 0.383 e. The summed E-state index contributed by atoms with van der Waals surface area (Å²) in [6, 6.07) is 6.14. The van der Waals surface area contributed by atoms with Crippen LogP contribution in [0.1, 0.15) is 30.0 Å². The second-order valence-corrected chi connectivity index (χ2v) is 6.54. The minimum absolute atomic E-state index is 0.513. The minimum atomic E-state index is 0.513. The predicted octanol–water partition coefficient (Wildman–Crippen LogP) is 4.44. The Morgan fingerprint density at radius 2 is 1.95 bits per heavy atom. The number of anilines is 1. The van der Waals surface area contributed by atoms with Crippen LogP contribution in [-0.2, 0) is 0 Å². The SMILES string of the molecule is Cc1ccc(-c2nc(N)c(Br)c(C3CC3)n2)c(Br)c1. The van der Waals surface area contributed by atoms with Gasteiger partial charge in [0.15, 0.2) is 5.82 Å². The maximum Gasteiger partial charge on any atom is 0.162 e. The lowest BCUT2D eigenvalue weighted by molar-refractivity contribution is 0.983. The van der Waals surface area contributed by atoms with Crippen molar-refractivity contribution in [1.29, 1.82) is 0 Å². The predicted molar refractivity (Wildman–Crippen MR) is 84.0 cm³/mol. The van der Waals surface area contributed by atoms with E-state index in [1.807, 2.05) is 6.07 Å². The number of nitrogens with zero attached hydrogens (tertiary/aromatic N) is 2. The first-order valence-corrected chi connectivity index (χ1v) is 7.74. The highest BCUT2D eigenvalue weighted by molar-refractivity contribution is 9.11. The molecule has 1 aromatic carbocycles. The molecule has 0 bridgehead atoms. The average Bonchev–Trinajstić information content (AvgIpc) is 3.17. The highest BCUT2D eigenvalue weighted by Crippen LogP contribution is 2.44. The molecular weight excluding hydrogens is 370 g/mol. The number of hydrogen-bond acceptors (Lipinski definition) is 3. The first-order valence-electron chi connectivity index (χ1n) is 6.15. The first-order chi connectivity index (χ1) is 9.06. The molecule has 0 spiro atoms. The lowest BCUT2D eigenvalue weighted by atomic mass is 10.1. The molecule has 1 saturated carbocycles. The lowest BCUT2D eigenvalue weighted by Gasteiger charge is -2.10. The molecule has 0 radical (unpaired) electrons. The van der Waals surface area contributed by atoms with Gasteiger partial charge in [0.2, 0.25) is 0 Å². The van der Waals surface area contributed by atoms with Crippen molar-refractivity contribution in [3.8, 4) is 11.4 Å². The van der Waals surface area contributed by atoms with Crippen LogP contribution in [0.25, 0.3) is 11.4 Å². The van der Waals surface area contributed by atoms with Gasteiger partial charge in [0, 0.05) is 16.0 Å². The Labute approximate surface area is 128 Å². The highest BCUT2D eigenvalue weighted by atomic mass is 79.9. The maximum absolute atomic E-state index is 5.99. The van der Waals surface area contributed by atoms with Gasteiger partial charge in [-0.05, 0) is 53.4 Å². The Hall–Kier alpha value is -0.940. The van der Waals surface area contributed by atoms with Crippen molar-refractivity contribution in [3.63, 3.8) is 0 Å². The van der Waals surface area contributed by atoms with E-state index in [1.165, 1.54) is 18.4 Å². The smallest absolute Gasteiger partial charge is 0.162 e. The summed E-state index contributed by atoms with van der Waals surface area (Å²) in [4.78, 5) is 9.08. The van der Waals surface area contributed by atoms with Crippen molar-refractivity contribution < 1.29 is 0 Å². The second kappa shape index (κ2) is 4.87. The summed E-state index contributed by atoms with van der Waals surface area (Å²) in [5, 5.41) is 0. The molecule has 1 heterocycles. The number of nitrogen functional groups attached to an aromatic ring is 1. The highest BCUT2D eigenvalue weighted by Gasteiger charge is 2.29. The molecule has 0 unspecified atom stereocenters. The minimum Gasteiger partial charge on any atom is -0.383 e. The molecule has 19 heavy (non-hydrogen) atoms. The lowest BCUT2D eigenvalue weighted by Crippen LogP contribution is -2.02. The number of aromatic nitrogens is 2. The quantitative estimate of drug-likeness (QED) is 0.835. The average molecular weight is 383 g/mol. The van der Waals surface area contributed by atoms with Crippen LogP contribution in [0.3, 0.4) is 0 Å². The zero-order valence-electron chi connectivity index (χ0n) is 10.5. The van der Waals surface area contributed by atoms with Gasteiger partial charge < -0.3 is 5.73 Å². The van der Waals surface area contributed by atoms with Gasteiger partial charge in [0.25, 0.3) is 0 Å². The summed E-state index contributed by atoms with van der Waals surface area (Å²) in [6.07, 6.45) is 2.37. The fourth-order valence-electron chi connectivity index (χ4n) is 2.03. The molecule has 0 amide bonds. The molecule has 2 N–H and O–H groups in total. The van der Waals surface area contributed by atoms with Gasteiger partial charge in [-0.2, -0.15) is 0 Å². The first kappa shape index (κ1) is 13.1. The third-order valence-electron chi connectivity index (χ3n) is 3.23. The van der Waals surface area contributed by atoms with Crippen molar-refractivity contribution in [2.24, 2.45) is 0 Å². The molecule has 3 rings (SSSR count). The number of halogens is 2. The van der Waals surface area contributed by atoms with Crippen LogP contribution in [0.15, 0.2) is 27.1 Å². The van der Waals surface area contributed by atoms with Crippen LogP contribution in [0.4, 0.5) is 5.82 Å². The van der Waals surface area contributed by atoms with E-state index in [-0.39, 0.29) is 0 Å². The van der Waals surface area contributed by atoms with E-state index >= 15 is 0 Å². The fourth-order valence-corrected chi connectivity index (χ4v) is 3.20. The van der Waals surface area contributed by atoms with E-state index in [2.05, 4.69) is 60.9 Å². The molecule has 1 aromatic heterocycles. The van der Waals surface area contributed by atoms with E-state index in [9.17, 15) is 0 Å². The van der Waals surface area contributed by atoms with E-state index in [0.717, 1.165) is 20.2 Å². The van der Waals surface area contributed by atoms with Crippen LogP contribution < -0.4 is 5.73 Å². The third-order valence-corrected chi connectivity index (χ3v) is 4.70. The van der Waals surface area contributed by atoms with Crippen LogP contribution in [-0.4, -0.2) is 9.97 Å². The van der Waals surface area contributed by atoms with Crippen molar-refractivity contribution in [2.45, 2.75) is 25.7 Å². The summed E-state index contributed by atoms with van der Waals surface area (Å²) in [5.74, 6) is 1.73. The molecular formula is C14H13Br2N3. The van der Waals surface area contributed by atoms with E-state index in [1.54, 1.807) is 0 Å². The molecule has 5 heteroatoms. The Morgan fingerprint density at radius 1 is 1.21 bits per heavy atom. The monoisotopic (exact) mass is 381 g/mol. The van der Waals surface area contributed by atoms with Gasteiger partial charge in [-0.25, -0.2) is 9.97 Å². The van der Waals surface area contributed by atoms with Gasteiger partial charge in [-0.1, -0.05) is 22.0 Å². The summed E-state index contributed by atoms with van der Waals surface area (Å²) in [6.45, 7) is 2.06. The molecule has 98 valence electrons. The molecule has 0 atom stereocenters. The third kappa shape index (κ3) is 2.54. The Bertz CT molecular complexity index is 651. The molecule has 1 fully saturated rings. The molecule has 0 aliphatic heterocycles. The van der Waals surface area contributed by atoms with E-state index in [4.69, 9.17) is 5.73 Å². The molecule has 2 aromatic rings. The van der Waals surface area contributed by atoms with Gasteiger partial charge in [0.05, 0.1) is 10.2 Å². The number of rotatable bonds is 2. The van der Waals surface area contributed by atoms with E-state index < -0.39 is 0 Å². The molecule has 1 aliphatic carbocycles. The molecule has 3 nitrogen and oxygen atoms in total. The van der Waals surface area contributed by atoms with Gasteiger partial charge in [-0.3, -0.25) is 0 Å². The summed E-state index contributed by atoms with van der Waals surface area (Å²) in [5.41, 5.74) is 9.20. The molecule has 1 aliphatic rings. The maximum atomic E-state index is 5.99.